The zero-order valence-corrected chi connectivity index (χ0v) is 10.2. The second kappa shape index (κ2) is 5.63. The summed E-state index contributed by atoms with van der Waals surface area (Å²) in [6.07, 6.45) is 5.66. The molecule has 2 rings (SSSR count). The lowest BCUT2D eigenvalue weighted by molar-refractivity contribution is -0.119. The minimum Gasteiger partial charge on any atom is -0.370 e. The number of nitrogen functional groups attached to an aromatic ring is 1. The first-order chi connectivity index (χ1) is 8.69. The van der Waals surface area contributed by atoms with Gasteiger partial charge in [0.1, 0.15) is 5.82 Å². The summed E-state index contributed by atoms with van der Waals surface area (Å²) in [6, 6.07) is 0. The highest BCUT2D eigenvalue weighted by Crippen LogP contribution is 2.23. The molecule has 5 N–H and O–H groups in total. The number of nitrogens with zero attached hydrogens (tertiary/aromatic N) is 3. The Hall–Kier alpha value is -1.89. The topological polar surface area (TPSA) is 110 Å². The third-order valence-corrected chi connectivity index (χ3v) is 3.20. The zero-order valence-electron chi connectivity index (χ0n) is 10.2. The Balaban J connectivity index is 1.94. The third-order valence-electron chi connectivity index (χ3n) is 3.20. The number of hydrogen-bond donors (Lipinski definition) is 3. The SMILES string of the molecule is NNc1cncc(N2CCC(CC(N)=O)CC2)n1. The van der Waals surface area contributed by atoms with Gasteiger partial charge in [0, 0.05) is 19.5 Å². The van der Waals surface area contributed by atoms with Crippen LogP contribution in [-0.4, -0.2) is 29.0 Å². The fourth-order valence-corrected chi connectivity index (χ4v) is 2.23. The molecular formula is C11H18N6O. The van der Waals surface area contributed by atoms with Crippen LogP contribution in [0.4, 0.5) is 11.6 Å². The predicted molar refractivity (Wildman–Crippen MR) is 68.6 cm³/mol. The fraction of sp³-hybridized carbons (Fsp3) is 0.545. The normalized spacial score (nSPS) is 16.6. The number of carbonyl (C=O) groups excluding carboxylic acids is 1. The van der Waals surface area contributed by atoms with Gasteiger partial charge in [0.15, 0.2) is 5.82 Å². The van der Waals surface area contributed by atoms with E-state index >= 15 is 0 Å². The molecule has 0 radical (unpaired) electrons. The van der Waals surface area contributed by atoms with E-state index in [-0.39, 0.29) is 5.91 Å². The van der Waals surface area contributed by atoms with Gasteiger partial charge in [-0.2, -0.15) is 0 Å². The van der Waals surface area contributed by atoms with Crippen molar-refractivity contribution in [2.45, 2.75) is 19.3 Å². The number of rotatable bonds is 4. The van der Waals surface area contributed by atoms with Gasteiger partial charge in [-0.1, -0.05) is 0 Å². The van der Waals surface area contributed by atoms with Crippen LogP contribution in [-0.2, 0) is 4.79 Å². The van der Waals surface area contributed by atoms with Gasteiger partial charge in [-0.3, -0.25) is 9.78 Å². The first-order valence-corrected chi connectivity index (χ1v) is 6.01. The molecule has 0 aliphatic carbocycles. The minimum absolute atomic E-state index is 0.220. The van der Waals surface area contributed by atoms with E-state index in [0.29, 0.717) is 18.2 Å². The van der Waals surface area contributed by atoms with Gasteiger partial charge in [-0.05, 0) is 18.8 Å². The van der Waals surface area contributed by atoms with E-state index in [9.17, 15) is 4.79 Å². The van der Waals surface area contributed by atoms with Crippen molar-refractivity contribution in [3.8, 4) is 0 Å². The largest absolute Gasteiger partial charge is 0.370 e. The van der Waals surface area contributed by atoms with Crippen LogP contribution in [0.1, 0.15) is 19.3 Å². The van der Waals surface area contributed by atoms with Crippen LogP contribution in [0.25, 0.3) is 0 Å². The summed E-state index contributed by atoms with van der Waals surface area (Å²) in [5.41, 5.74) is 7.69. The number of nitrogens with one attached hydrogen (secondary N) is 1. The third kappa shape index (κ3) is 3.07. The molecule has 1 fully saturated rings. The number of piperidine rings is 1. The van der Waals surface area contributed by atoms with Crippen molar-refractivity contribution in [2.75, 3.05) is 23.4 Å². The molecule has 1 amide bonds. The lowest BCUT2D eigenvalue weighted by Gasteiger charge is -2.32. The van der Waals surface area contributed by atoms with Crippen molar-refractivity contribution in [1.82, 2.24) is 9.97 Å². The maximum Gasteiger partial charge on any atom is 0.217 e. The summed E-state index contributed by atoms with van der Waals surface area (Å²) >= 11 is 0. The van der Waals surface area contributed by atoms with Crippen molar-refractivity contribution >= 4 is 17.5 Å². The van der Waals surface area contributed by atoms with Crippen molar-refractivity contribution in [3.05, 3.63) is 12.4 Å². The Morgan fingerprint density at radius 2 is 2.17 bits per heavy atom. The maximum absolute atomic E-state index is 10.9. The Kier molecular flexibility index (Phi) is 3.93. The number of hydrazine groups is 1. The van der Waals surface area contributed by atoms with E-state index < -0.39 is 0 Å². The molecule has 7 heteroatoms. The molecule has 1 aromatic heterocycles. The van der Waals surface area contributed by atoms with Crippen molar-refractivity contribution < 1.29 is 4.79 Å². The number of hydrogen-bond acceptors (Lipinski definition) is 6. The molecule has 0 spiro atoms. The molecule has 0 bridgehead atoms. The zero-order chi connectivity index (χ0) is 13.0. The van der Waals surface area contributed by atoms with Crippen molar-refractivity contribution in [3.63, 3.8) is 0 Å². The lowest BCUT2D eigenvalue weighted by atomic mass is 9.93. The van der Waals surface area contributed by atoms with Crippen LogP contribution in [0, 0.1) is 5.92 Å². The molecule has 2 heterocycles. The average molecular weight is 250 g/mol. The van der Waals surface area contributed by atoms with E-state index in [4.69, 9.17) is 11.6 Å². The molecule has 7 nitrogen and oxygen atoms in total. The summed E-state index contributed by atoms with van der Waals surface area (Å²) in [4.78, 5) is 21.4. The average Bonchev–Trinajstić information content (AvgIpc) is 2.39. The quantitative estimate of drug-likeness (QED) is 0.506. The lowest BCUT2D eigenvalue weighted by Crippen LogP contribution is -2.35. The van der Waals surface area contributed by atoms with Crippen LogP contribution in [0.3, 0.4) is 0 Å². The highest BCUT2D eigenvalue weighted by Gasteiger charge is 2.21. The number of anilines is 2. The number of primary amides is 1. The highest BCUT2D eigenvalue weighted by molar-refractivity contribution is 5.74. The number of amides is 1. The van der Waals surface area contributed by atoms with Crippen LogP contribution in [0.5, 0.6) is 0 Å². The fourth-order valence-electron chi connectivity index (χ4n) is 2.23. The smallest absolute Gasteiger partial charge is 0.217 e. The van der Waals surface area contributed by atoms with E-state index in [0.717, 1.165) is 31.7 Å². The molecule has 1 saturated heterocycles. The van der Waals surface area contributed by atoms with Gasteiger partial charge in [-0.25, -0.2) is 10.8 Å². The summed E-state index contributed by atoms with van der Waals surface area (Å²) in [7, 11) is 0. The van der Waals surface area contributed by atoms with Crippen LogP contribution in [0.15, 0.2) is 12.4 Å². The molecular weight excluding hydrogens is 232 g/mol. The summed E-state index contributed by atoms with van der Waals surface area (Å²) in [5.74, 6) is 6.83. The molecule has 18 heavy (non-hydrogen) atoms. The minimum atomic E-state index is -0.220. The first kappa shape index (κ1) is 12.6. The summed E-state index contributed by atoms with van der Waals surface area (Å²) in [6.45, 7) is 1.72. The van der Waals surface area contributed by atoms with Gasteiger partial charge < -0.3 is 16.1 Å². The first-order valence-electron chi connectivity index (χ1n) is 6.01. The van der Waals surface area contributed by atoms with E-state index in [1.165, 1.54) is 0 Å². The molecule has 98 valence electrons. The Morgan fingerprint density at radius 1 is 1.44 bits per heavy atom. The van der Waals surface area contributed by atoms with Crippen LogP contribution >= 0.6 is 0 Å². The van der Waals surface area contributed by atoms with Gasteiger partial charge in [0.05, 0.1) is 12.4 Å². The van der Waals surface area contributed by atoms with Crippen molar-refractivity contribution in [1.29, 1.82) is 0 Å². The van der Waals surface area contributed by atoms with Gasteiger partial charge in [0.2, 0.25) is 5.91 Å². The highest BCUT2D eigenvalue weighted by atomic mass is 16.1. The number of aromatic nitrogens is 2. The van der Waals surface area contributed by atoms with Crippen molar-refractivity contribution in [2.24, 2.45) is 17.5 Å². The molecule has 1 aliphatic rings. The Labute approximate surface area is 106 Å². The Bertz CT molecular complexity index is 416. The van der Waals surface area contributed by atoms with Crippen LogP contribution < -0.4 is 21.9 Å². The van der Waals surface area contributed by atoms with Crippen LogP contribution in [0.2, 0.25) is 0 Å². The van der Waals surface area contributed by atoms with E-state index in [2.05, 4.69) is 20.3 Å². The number of nitrogens with two attached hydrogens (primary N) is 2. The maximum atomic E-state index is 10.9. The molecule has 0 saturated carbocycles. The Morgan fingerprint density at radius 3 is 2.78 bits per heavy atom. The molecule has 0 unspecified atom stereocenters. The molecule has 0 aromatic carbocycles. The second-order valence-corrected chi connectivity index (χ2v) is 4.51. The predicted octanol–water partition coefficient (Wildman–Crippen LogP) is -0.146. The molecule has 1 aromatic rings. The van der Waals surface area contributed by atoms with Gasteiger partial charge in [-0.15, -0.1) is 0 Å². The second-order valence-electron chi connectivity index (χ2n) is 4.51. The van der Waals surface area contributed by atoms with E-state index in [1.54, 1.807) is 12.4 Å². The molecule has 1 aliphatic heterocycles. The standard InChI is InChI=1S/C11H18N6O/c12-9(18)5-8-1-3-17(4-2-8)11-7-14-6-10(15-11)16-13/h6-8H,1-5,13H2,(H2,12,18)(H,15,16). The number of carbonyl (C=O) groups is 1. The monoisotopic (exact) mass is 250 g/mol. The summed E-state index contributed by atoms with van der Waals surface area (Å²) in [5, 5.41) is 0. The summed E-state index contributed by atoms with van der Waals surface area (Å²) < 4.78 is 0. The van der Waals surface area contributed by atoms with Gasteiger partial charge in [0.25, 0.3) is 0 Å². The van der Waals surface area contributed by atoms with E-state index in [1.807, 2.05) is 0 Å². The van der Waals surface area contributed by atoms with Gasteiger partial charge >= 0.3 is 0 Å². The molecule has 0 atom stereocenters.